The van der Waals surface area contributed by atoms with Crippen LogP contribution in [-0.2, 0) is 14.4 Å². The zero-order valence-electron chi connectivity index (χ0n) is 14.3. The van der Waals surface area contributed by atoms with Crippen LogP contribution in [0.5, 0.6) is 17.2 Å². The average molecular weight is 338 g/mol. The molecule has 2 rings (SSSR count). The monoisotopic (exact) mass is 338 g/mol. The van der Waals surface area contributed by atoms with E-state index in [-0.39, 0.29) is 5.91 Å². The van der Waals surface area contributed by atoms with Crippen molar-refractivity contribution in [1.29, 1.82) is 0 Å². The van der Waals surface area contributed by atoms with Crippen LogP contribution < -0.4 is 19.5 Å². The molecule has 0 aliphatic carbocycles. The van der Waals surface area contributed by atoms with Gasteiger partial charge < -0.3 is 29.1 Å². The van der Waals surface area contributed by atoms with Gasteiger partial charge in [-0.1, -0.05) is 5.16 Å². The van der Waals surface area contributed by atoms with Crippen molar-refractivity contribution in [2.45, 2.75) is 12.5 Å². The normalized spacial score (nSPS) is 16.2. The van der Waals surface area contributed by atoms with Gasteiger partial charge in [0.1, 0.15) is 0 Å². The molecule has 132 valence electrons. The molecule has 0 fully saturated rings. The Morgan fingerprint density at radius 3 is 2.42 bits per heavy atom. The van der Waals surface area contributed by atoms with Crippen molar-refractivity contribution in [3.63, 3.8) is 0 Å². The number of carbonyl (C=O) groups is 1. The van der Waals surface area contributed by atoms with Crippen LogP contribution in [0.25, 0.3) is 0 Å². The third-order valence-corrected chi connectivity index (χ3v) is 3.56. The predicted molar refractivity (Wildman–Crippen MR) is 87.0 cm³/mol. The van der Waals surface area contributed by atoms with Crippen LogP contribution in [0.1, 0.15) is 12.0 Å². The Hall–Kier alpha value is -2.48. The van der Waals surface area contributed by atoms with Gasteiger partial charge in [-0.25, -0.2) is 0 Å². The minimum absolute atomic E-state index is 0.224. The number of hydrogen-bond acceptors (Lipinski definition) is 7. The Morgan fingerprint density at radius 1 is 1.21 bits per heavy atom. The summed E-state index contributed by atoms with van der Waals surface area (Å²) in [5.74, 6) is 1.31. The van der Waals surface area contributed by atoms with Gasteiger partial charge in [-0.2, -0.15) is 0 Å². The summed E-state index contributed by atoms with van der Waals surface area (Å²) in [6.45, 7) is 0.869. The first kappa shape index (κ1) is 17.9. The second-order valence-corrected chi connectivity index (χ2v) is 5.03. The van der Waals surface area contributed by atoms with E-state index in [1.54, 1.807) is 33.5 Å². The predicted octanol–water partition coefficient (Wildman–Crippen LogP) is 0.968. The van der Waals surface area contributed by atoms with Crippen LogP contribution in [0.4, 0.5) is 0 Å². The van der Waals surface area contributed by atoms with E-state index in [0.717, 1.165) is 5.56 Å². The number of carbonyl (C=O) groups excluding carboxylic acids is 1. The lowest BCUT2D eigenvalue weighted by Gasteiger charge is -2.13. The number of nitrogens with one attached hydrogen (secondary N) is 1. The summed E-state index contributed by atoms with van der Waals surface area (Å²) >= 11 is 0. The molecule has 1 amide bonds. The fourth-order valence-electron chi connectivity index (χ4n) is 2.33. The van der Waals surface area contributed by atoms with Gasteiger partial charge in [-0.3, -0.25) is 4.79 Å². The molecule has 1 aliphatic heterocycles. The van der Waals surface area contributed by atoms with Crippen LogP contribution in [-0.4, -0.2) is 59.3 Å². The second-order valence-electron chi connectivity index (χ2n) is 5.03. The Morgan fingerprint density at radius 2 is 1.88 bits per heavy atom. The highest BCUT2D eigenvalue weighted by Crippen LogP contribution is 2.39. The molecule has 0 bridgehead atoms. The maximum Gasteiger partial charge on any atom is 0.264 e. The number of methoxy groups -OCH3 is 4. The topological polar surface area (TPSA) is 87.6 Å². The SMILES string of the molecule is COCCNC(=O)C1CC(c2cc(OC)c(OC)c(OC)c2)=NO1. The first-order chi connectivity index (χ1) is 11.6. The summed E-state index contributed by atoms with van der Waals surface area (Å²) in [7, 11) is 6.20. The van der Waals surface area contributed by atoms with Crippen LogP contribution in [0, 0.1) is 0 Å². The summed E-state index contributed by atoms with van der Waals surface area (Å²) in [5.41, 5.74) is 1.39. The molecule has 1 atom stereocenters. The lowest BCUT2D eigenvalue weighted by atomic mass is 10.0. The minimum Gasteiger partial charge on any atom is -0.493 e. The molecule has 0 radical (unpaired) electrons. The Bertz CT molecular complexity index is 592. The largest absolute Gasteiger partial charge is 0.493 e. The number of amides is 1. The fraction of sp³-hybridized carbons (Fsp3) is 0.500. The van der Waals surface area contributed by atoms with Crippen molar-refractivity contribution in [3.05, 3.63) is 17.7 Å². The van der Waals surface area contributed by atoms with Gasteiger partial charge in [0, 0.05) is 25.6 Å². The molecular formula is C16H22N2O6. The van der Waals surface area contributed by atoms with Crippen molar-refractivity contribution in [2.75, 3.05) is 41.6 Å². The molecule has 0 aromatic heterocycles. The number of nitrogens with zero attached hydrogens (tertiary/aromatic N) is 1. The molecular weight excluding hydrogens is 316 g/mol. The molecule has 1 aliphatic rings. The Balaban J connectivity index is 2.11. The van der Waals surface area contributed by atoms with Crippen molar-refractivity contribution < 1.29 is 28.6 Å². The second kappa shape index (κ2) is 8.39. The van der Waals surface area contributed by atoms with E-state index in [4.69, 9.17) is 23.8 Å². The number of hydrogen-bond donors (Lipinski definition) is 1. The summed E-state index contributed by atoms with van der Waals surface area (Å²) in [6, 6.07) is 3.55. The first-order valence-electron chi connectivity index (χ1n) is 7.44. The van der Waals surface area contributed by atoms with Crippen LogP contribution >= 0.6 is 0 Å². The third kappa shape index (κ3) is 3.88. The molecule has 0 saturated heterocycles. The van der Waals surface area contributed by atoms with Gasteiger partial charge in [0.2, 0.25) is 11.9 Å². The van der Waals surface area contributed by atoms with Crippen molar-refractivity contribution in [3.8, 4) is 17.2 Å². The van der Waals surface area contributed by atoms with Gasteiger partial charge in [-0.15, -0.1) is 0 Å². The average Bonchev–Trinajstić information content (AvgIpc) is 3.10. The zero-order chi connectivity index (χ0) is 17.5. The molecule has 1 unspecified atom stereocenters. The molecule has 8 heteroatoms. The van der Waals surface area contributed by atoms with Crippen molar-refractivity contribution in [1.82, 2.24) is 5.32 Å². The van der Waals surface area contributed by atoms with E-state index in [2.05, 4.69) is 10.5 Å². The molecule has 8 nitrogen and oxygen atoms in total. The van der Waals surface area contributed by atoms with E-state index < -0.39 is 6.10 Å². The van der Waals surface area contributed by atoms with Crippen LogP contribution in [0.3, 0.4) is 0 Å². The highest BCUT2D eigenvalue weighted by molar-refractivity contribution is 6.04. The maximum atomic E-state index is 12.0. The molecule has 1 heterocycles. The van der Waals surface area contributed by atoms with E-state index in [0.29, 0.717) is 42.5 Å². The van der Waals surface area contributed by atoms with E-state index in [1.165, 1.54) is 7.11 Å². The molecule has 1 aromatic rings. The quantitative estimate of drug-likeness (QED) is 0.711. The van der Waals surface area contributed by atoms with Gasteiger partial charge >= 0.3 is 0 Å². The van der Waals surface area contributed by atoms with Crippen LogP contribution in [0.15, 0.2) is 17.3 Å². The molecule has 24 heavy (non-hydrogen) atoms. The molecule has 0 saturated carbocycles. The van der Waals surface area contributed by atoms with Crippen LogP contribution in [0.2, 0.25) is 0 Å². The van der Waals surface area contributed by atoms with Crippen molar-refractivity contribution in [2.24, 2.45) is 5.16 Å². The van der Waals surface area contributed by atoms with E-state index >= 15 is 0 Å². The zero-order valence-corrected chi connectivity index (χ0v) is 14.3. The van der Waals surface area contributed by atoms with Gasteiger partial charge in [0.05, 0.1) is 33.6 Å². The minimum atomic E-state index is -0.657. The smallest absolute Gasteiger partial charge is 0.264 e. The summed E-state index contributed by atoms with van der Waals surface area (Å²) in [5, 5.41) is 6.74. The number of oxime groups is 1. The summed E-state index contributed by atoms with van der Waals surface area (Å²) in [4.78, 5) is 17.2. The van der Waals surface area contributed by atoms with Crippen molar-refractivity contribution >= 4 is 11.6 Å². The first-order valence-corrected chi connectivity index (χ1v) is 7.44. The Labute approximate surface area is 140 Å². The lowest BCUT2D eigenvalue weighted by molar-refractivity contribution is -0.131. The van der Waals surface area contributed by atoms with Gasteiger partial charge in [0.25, 0.3) is 5.91 Å². The molecule has 1 aromatic carbocycles. The summed E-state index contributed by atoms with van der Waals surface area (Å²) < 4.78 is 20.8. The Kier molecular flexibility index (Phi) is 6.25. The number of rotatable bonds is 8. The highest BCUT2D eigenvalue weighted by Gasteiger charge is 2.29. The third-order valence-electron chi connectivity index (χ3n) is 3.56. The van der Waals surface area contributed by atoms with E-state index in [9.17, 15) is 4.79 Å². The van der Waals surface area contributed by atoms with E-state index in [1.807, 2.05) is 0 Å². The summed E-state index contributed by atoms with van der Waals surface area (Å²) in [6.07, 6.45) is -0.298. The van der Waals surface area contributed by atoms with Gasteiger partial charge in [-0.05, 0) is 12.1 Å². The maximum absolute atomic E-state index is 12.0. The molecule has 1 N–H and O–H groups in total. The fourth-order valence-corrected chi connectivity index (χ4v) is 2.33. The number of ether oxygens (including phenoxy) is 4. The lowest BCUT2D eigenvalue weighted by Crippen LogP contribution is -2.36. The highest BCUT2D eigenvalue weighted by atomic mass is 16.6. The standard InChI is InChI=1S/C16H22N2O6/c1-20-6-5-17-16(19)14-9-11(18-24-14)10-7-12(21-2)15(23-4)13(8-10)22-3/h7-8,14H,5-6,9H2,1-4H3,(H,17,19). The molecule has 0 spiro atoms. The van der Waals surface area contributed by atoms with Gasteiger partial charge in [0.15, 0.2) is 11.5 Å². The number of benzene rings is 1.